The van der Waals surface area contributed by atoms with Crippen LogP contribution in [0.2, 0.25) is 0 Å². The number of hydrogen-bond acceptors (Lipinski definition) is 4. The van der Waals surface area contributed by atoms with Crippen molar-refractivity contribution in [1.82, 2.24) is 10.2 Å². The highest BCUT2D eigenvalue weighted by Crippen LogP contribution is 2.20. The molecule has 3 rings (SSSR count). The Morgan fingerprint density at radius 3 is 2.70 bits per heavy atom. The van der Waals surface area contributed by atoms with E-state index in [1.807, 2.05) is 85.8 Å². The Bertz CT molecular complexity index is 982. The van der Waals surface area contributed by atoms with Gasteiger partial charge in [-0.2, -0.15) is 0 Å². The lowest BCUT2D eigenvalue weighted by Gasteiger charge is -2.05. The summed E-state index contributed by atoms with van der Waals surface area (Å²) in [7, 11) is 0. The van der Waals surface area contributed by atoms with Crippen LogP contribution < -0.4 is 4.74 Å². The van der Waals surface area contributed by atoms with Crippen LogP contribution in [0.25, 0.3) is 23.6 Å². The van der Waals surface area contributed by atoms with Crippen LogP contribution in [-0.2, 0) is 0 Å². The fourth-order valence-corrected chi connectivity index (χ4v) is 2.36. The van der Waals surface area contributed by atoms with E-state index in [2.05, 4.69) is 16.8 Å². The monoisotopic (exact) mass is 356 g/mol. The van der Waals surface area contributed by atoms with Crippen LogP contribution in [-0.4, -0.2) is 10.2 Å². The summed E-state index contributed by atoms with van der Waals surface area (Å²) in [5.74, 6) is 2.37. The Labute approximate surface area is 158 Å². The Balaban J connectivity index is 1.73. The molecule has 0 unspecified atom stereocenters. The molecule has 0 bridgehead atoms. The second-order valence-electron chi connectivity index (χ2n) is 5.62. The van der Waals surface area contributed by atoms with E-state index in [9.17, 15) is 0 Å². The molecule has 3 aromatic rings. The van der Waals surface area contributed by atoms with Gasteiger partial charge in [-0.25, -0.2) is 0 Å². The third kappa shape index (κ3) is 5.16. The van der Waals surface area contributed by atoms with E-state index in [-0.39, 0.29) is 0 Å². The molecule has 0 aliphatic heterocycles. The second kappa shape index (κ2) is 9.15. The highest BCUT2D eigenvalue weighted by atomic mass is 16.5. The summed E-state index contributed by atoms with van der Waals surface area (Å²) in [5, 5.41) is 8.15. The standard InChI is InChI=1S/C23H20N2O2/c1-3-10-20(26-21-13-6-5-7-14-21)15-9-16-22-24-25-23(27-22)19-12-8-11-18(4-2)17-19/h3-17H,2H2,1H3/b10-3-,16-9+,20-15+. The molecular formula is C23H20N2O2. The third-order valence-corrected chi connectivity index (χ3v) is 3.62. The van der Waals surface area contributed by atoms with Gasteiger partial charge in [0.2, 0.25) is 11.8 Å². The van der Waals surface area contributed by atoms with E-state index in [1.165, 1.54) is 0 Å². The molecule has 0 amide bonds. The van der Waals surface area contributed by atoms with Crippen LogP contribution in [0.1, 0.15) is 18.4 Å². The normalized spacial score (nSPS) is 12.0. The molecule has 2 aromatic carbocycles. The second-order valence-corrected chi connectivity index (χ2v) is 5.62. The Hall–Kier alpha value is -3.66. The van der Waals surface area contributed by atoms with Gasteiger partial charge in [0.25, 0.3) is 0 Å². The summed E-state index contributed by atoms with van der Waals surface area (Å²) in [4.78, 5) is 0. The van der Waals surface area contributed by atoms with E-state index in [1.54, 1.807) is 12.2 Å². The summed E-state index contributed by atoms with van der Waals surface area (Å²) in [5.41, 5.74) is 1.86. The van der Waals surface area contributed by atoms with Crippen LogP contribution in [0.5, 0.6) is 5.75 Å². The maximum atomic E-state index is 5.84. The number of aromatic nitrogens is 2. The highest BCUT2D eigenvalue weighted by molar-refractivity contribution is 5.60. The number of benzene rings is 2. The highest BCUT2D eigenvalue weighted by Gasteiger charge is 2.06. The van der Waals surface area contributed by atoms with Crippen molar-refractivity contribution in [2.75, 3.05) is 0 Å². The number of hydrogen-bond donors (Lipinski definition) is 0. The fraction of sp³-hybridized carbons (Fsp3) is 0.0435. The van der Waals surface area contributed by atoms with E-state index in [0.29, 0.717) is 17.5 Å². The van der Waals surface area contributed by atoms with Gasteiger partial charge in [0, 0.05) is 11.6 Å². The molecule has 0 spiro atoms. The van der Waals surface area contributed by atoms with Gasteiger partial charge < -0.3 is 9.15 Å². The molecule has 0 atom stereocenters. The lowest BCUT2D eigenvalue weighted by molar-refractivity contribution is 0.444. The van der Waals surface area contributed by atoms with Crippen LogP contribution in [0.4, 0.5) is 0 Å². The van der Waals surface area contributed by atoms with Gasteiger partial charge >= 0.3 is 0 Å². The van der Waals surface area contributed by atoms with E-state index >= 15 is 0 Å². The largest absolute Gasteiger partial charge is 0.457 e. The van der Waals surface area contributed by atoms with Crippen LogP contribution in [0.15, 0.2) is 95.7 Å². The predicted molar refractivity (Wildman–Crippen MR) is 109 cm³/mol. The van der Waals surface area contributed by atoms with Crippen LogP contribution in [0.3, 0.4) is 0 Å². The average Bonchev–Trinajstić information content (AvgIpc) is 3.18. The first-order valence-corrected chi connectivity index (χ1v) is 8.59. The molecule has 0 N–H and O–H groups in total. The molecule has 0 aliphatic rings. The molecule has 134 valence electrons. The van der Waals surface area contributed by atoms with Gasteiger partial charge in [-0.1, -0.05) is 55.1 Å². The first-order chi connectivity index (χ1) is 13.3. The van der Waals surface area contributed by atoms with Crippen molar-refractivity contribution >= 4 is 12.2 Å². The van der Waals surface area contributed by atoms with Crippen LogP contribution in [0, 0.1) is 0 Å². The lowest BCUT2D eigenvalue weighted by Crippen LogP contribution is -1.91. The number of nitrogens with zero attached hydrogens (tertiary/aromatic N) is 2. The number of rotatable bonds is 7. The smallest absolute Gasteiger partial charge is 0.248 e. The average molecular weight is 356 g/mol. The molecule has 0 saturated heterocycles. The maximum absolute atomic E-state index is 5.84. The Morgan fingerprint density at radius 1 is 1.07 bits per heavy atom. The van der Waals surface area contributed by atoms with Crippen LogP contribution >= 0.6 is 0 Å². The number of ether oxygens (including phenoxy) is 1. The molecule has 1 heterocycles. The summed E-state index contributed by atoms with van der Waals surface area (Å²) in [6.07, 6.45) is 11.0. The van der Waals surface area contributed by atoms with Crippen molar-refractivity contribution in [2.45, 2.75) is 6.92 Å². The van der Waals surface area contributed by atoms with Crippen molar-refractivity contribution in [3.63, 3.8) is 0 Å². The molecule has 0 saturated carbocycles. The number of para-hydroxylation sites is 1. The van der Waals surface area contributed by atoms with Crippen molar-refractivity contribution in [1.29, 1.82) is 0 Å². The van der Waals surface area contributed by atoms with E-state index < -0.39 is 0 Å². The first-order valence-electron chi connectivity index (χ1n) is 8.59. The summed E-state index contributed by atoms with van der Waals surface area (Å²) >= 11 is 0. The first kappa shape index (κ1) is 18.1. The lowest BCUT2D eigenvalue weighted by atomic mass is 10.1. The molecule has 0 aliphatic carbocycles. The zero-order valence-electron chi connectivity index (χ0n) is 15.1. The van der Waals surface area contributed by atoms with Gasteiger partial charge in [-0.15, -0.1) is 10.2 Å². The molecule has 4 nitrogen and oxygen atoms in total. The van der Waals surface area contributed by atoms with Gasteiger partial charge in [0.05, 0.1) is 0 Å². The third-order valence-electron chi connectivity index (χ3n) is 3.62. The minimum Gasteiger partial charge on any atom is -0.457 e. The van der Waals surface area contributed by atoms with Gasteiger partial charge in [0.15, 0.2) is 0 Å². The molecule has 0 radical (unpaired) electrons. The van der Waals surface area contributed by atoms with E-state index in [0.717, 1.165) is 16.9 Å². The predicted octanol–water partition coefficient (Wildman–Crippen LogP) is 5.93. The van der Waals surface area contributed by atoms with Crippen molar-refractivity contribution in [3.05, 3.63) is 103 Å². The molecular weight excluding hydrogens is 336 g/mol. The Kier molecular flexibility index (Phi) is 6.15. The van der Waals surface area contributed by atoms with Gasteiger partial charge in [-0.3, -0.25) is 0 Å². The van der Waals surface area contributed by atoms with Crippen molar-refractivity contribution in [3.8, 4) is 17.2 Å². The molecule has 27 heavy (non-hydrogen) atoms. The zero-order valence-corrected chi connectivity index (χ0v) is 15.1. The summed E-state index contributed by atoms with van der Waals surface area (Å²) in [6.45, 7) is 5.71. The maximum Gasteiger partial charge on any atom is 0.248 e. The van der Waals surface area contributed by atoms with Crippen molar-refractivity contribution < 1.29 is 9.15 Å². The van der Waals surface area contributed by atoms with E-state index in [4.69, 9.17) is 9.15 Å². The minimum absolute atomic E-state index is 0.421. The minimum atomic E-state index is 0.421. The molecule has 0 fully saturated rings. The SMILES string of the molecule is C=Cc1cccc(-c2nnc(/C=C/C=C(\C=C/C)Oc3ccccc3)o2)c1. The van der Waals surface area contributed by atoms with Crippen molar-refractivity contribution in [2.24, 2.45) is 0 Å². The number of allylic oxidation sites excluding steroid dienone is 4. The quantitative estimate of drug-likeness (QED) is 0.389. The fourth-order valence-electron chi connectivity index (χ4n) is 2.36. The molecule has 4 heteroatoms. The molecule has 1 aromatic heterocycles. The summed E-state index contributed by atoms with van der Waals surface area (Å²) < 4.78 is 11.5. The topological polar surface area (TPSA) is 48.2 Å². The zero-order chi connectivity index (χ0) is 18.9. The summed E-state index contributed by atoms with van der Waals surface area (Å²) in [6, 6.07) is 17.4. The Morgan fingerprint density at radius 2 is 1.93 bits per heavy atom. The van der Waals surface area contributed by atoms with Gasteiger partial charge in [-0.05, 0) is 48.9 Å². The van der Waals surface area contributed by atoms with Gasteiger partial charge in [0.1, 0.15) is 11.5 Å².